The number of anilines is 1. The van der Waals surface area contributed by atoms with Crippen LogP contribution in [0.1, 0.15) is 37.8 Å². The number of carbonyl (C=O) groups is 2. The predicted molar refractivity (Wildman–Crippen MR) is 168 cm³/mol. The van der Waals surface area contributed by atoms with Crippen molar-refractivity contribution in [1.29, 1.82) is 0 Å². The molecular weight excluding hydrogens is 574 g/mol. The van der Waals surface area contributed by atoms with Gasteiger partial charge in [-0.2, -0.15) is 0 Å². The summed E-state index contributed by atoms with van der Waals surface area (Å²) in [6, 6.07) is 22.7. The van der Waals surface area contributed by atoms with E-state index < -0.39 is 16.1 Å². The molecule has 10 heteroatoms. The van der Waals surface area contributed by atoms with Crippen LogP contribution in [0.2, 0.25) is 5.02 Å². The second kappa shape index (κ2) is 15.6. The number of benzene rings is 3. The van der Waals surface area contributed by atoms with Gasteiger partial charge in [0.25, 0.3) is 0 Å². The smallest absolute Gasteiger partial charge is 0.243 e. The number of carbonyl (C=O) groups excluding carboxylic acids is 2. The highest BCUT2D eigenvalue weighted by molar-refractivity contribution is 7.92. The highest BCUT2D eigenvalue weighted by atomic mass is 35.5. The van der Waals surface area contributed by atoms with Gasteiger partial charge in [0.2, 0.25) is 21.8 Å². The van der Waals surface area contributed by atoms with E-state index in [1.165, 1.54) is 11.4 Å². The molecular formula is C32H40ClN3O5S. The summed E-state index contributed by atoms with van der Waals surface area (Å²) >= 11 is 6.25. The van der Waals surface area contributed by atoms with Crippen molar-refractivity contribution in [3.8, 4) is 5.75 Å². The van der Waals surface area contributed by atoms with E-state index in [9.17, 15) is 18.0 Å². The Labute approximate surface area is 254 Å². The molecule has 226 valence electrons. The lowest BCUT2D eigenvalue weighted by molar-refractivity contribution is -0.141. The highest BCUT2D eigenvalue weighted by Gasteiger charge is 2.30. The van der Waals surface area contributed by atoms with Gasteiger partial charge in [0.05, 0.1) is 19.1 Å². The van der Waals surface area contributed by atoms with E-state index in [1.807, 2.05) is 56.3 Å². The van der Waals surface area contributed by atoms with Gasteiger partial charge >= 0.3 is 0 Å². The van der Waals surface area contributed by atoms with E-state index in [0.29, 0.717) is 29.4 Å². The van der Waals surface area contributed by atoms with Crippen molar-refractivity contribution < 1.29 is 22.7 Å². The summed E-state index contributed by atoms with van der Waals surface area (Å²) < 4.78 is 31.7. The minimum absolute atomic E-state index is 0.0471. The van der Waals surface area contributed by atoms with Gasteiger partial charge in [-0.05, 0) is 59.9 Å². The van der Waals surface area contributed by atoms with Gasteiger partial charge in [-0.3, -0.25) is 13.9 Å². The fourth-order valence-corrected chi connectivity index (χ4v) is 5.74. The molecule has 0 aliphatic rings. The van der Waals surface area contributed by atoms with Crippen LogP contribution in [0.15, 0.2) is 78.9 Å². The highest BCUT2D eigenvalue weighted by Crippen LogP contribution is 2.23. The molecule has 0 unspecified atom stereocenters. The number of sulfonamides is 1. The van der Waals surface area contributed by atoms with Crippen LogP contribution < -0.4 is 14.4 Å². The maximum Gasteiger partial charge on any atom is 0.243 e. The molecule has 0 heterocycles. The number of rotatable bonds is 15. The molecule has 0 saturated heterocycles. The van der Waals surface area contributed by atoms with Gasteiger partial charge in [0.15, 0.2) is 0 Å². The van der Waals surface area contributed by atoms with Gasteiger partial charge in [-0.15, -0.1) is 0 Å². The quantitative estimate of drug-likeness (QED) is 0.251. The average Bonchev–Trinajstić information content (AvgIpc) is 2.95. The first-order valence-electron chi connectivity index (χ1n) is 13.9. The number of hydrogen-bond donors (Lipinski definition) is 1. The first-order chi connectivity index (χ1) is 20.0. The van der Waals surface area contributed by atoms with Gasteiger partial charge in [0.1, 0.15) is 11.8 Å². The minimum atomic E-state index is -3.61. The molecule has 3 rings (SSSR count). The molecule has 0 spiro atoms. The number of methoxy groups -OCH3 is 1. The molecule has 0 fully saturated rings. The van der Waals surface area contributed by atoms with Crippen molar-refractivity contribution in [3.05, 3.63) is 95.0 Å². The third-order valence-electron chi connectivity index (χ3n) is 6.71. The standard InChI is InChI=1S/C32H40ClN3O5S/c1-24(2)22-34-32(38)30(21-25-10-6-5-7-11-25)35(23-26-12-8-13-27(33)20-26)31(37)14-9-19-36(42(4,39)40)28-15-17-29(41-3)18-16-28/h5-8,10-13,15-18,20,24,30H,9,14,19,21-23H2,1-4H3,(H,34,38)/t30-/m0/s1. The number of halogens is 1. The monoisotopic (exact) mass is 613 g/mol. The van der Waals surface area contributed by atoms with Crippen molar-refractivity contribution in [2.75, 3.05) is 30.8 Å². The van der Waals surface area contributed by atoms with Crippen molar-refractivity contribution in [3.63, 3.8) is 0 Å². The predicted octanol–water partition coefficient (Wildman–Crippen LogP) is 5.31. The molecule has 0 aliphatic carbocycles. The third kappa shape index (κ3) is 10.1. The largest absolute Gasteiger partial charge is 0.497 e. The van der Waals surface area contributed by atoms with Crippen molar-refractivity contribution in [2.24, 2.45) is 5.92 Å². The summed E-state index contributed by atoms with van der Waals surface area (Å²) in [6.45, 7) is 4.79. The summed E-state index contributed by atoms with van der Waals surface area (Å²) in [6.07, 6.45) is 1.78. The Hall–Kier alpha value is -3.56. The Bertz CT molecular complexity index is 1420. The van der Waals surface area contributed by atoms with Crippen LogP contribution in [0, 0.1) is 5.92 Å². The summed E-state index contributed by atoms with van der Waals surface area (Å²) in [7, 11) is -2.07. The van der Waals surface area contributed by atoms with Crippen molar-refractivity contribution >= 4 is 39.1 Å². The van der Waals surface area contributed by atoms with Crippen LogP contribution in [0.4, 0.5) is 5.69 Å². The number of nitrogens with zero attached hydrogens (tertiary/aromatic N) is 2. The van der Waals surface area contributed by atoms with Crippen LogP contribution in [-0.2, 0) is 32.6 Å². The molecule has 3 aromatic carbocycles. The second-order valence-electron chi connectivity index (χ2n) is 10.6. The third-order valence-corrected chi connectivity index (χ3v) is 8.14. The van der Waals surface area contributed by atoms with Gasteiger partial charge < -0.3 is 15.0 Å². The Morgan fingerprint density at radius 1 is 0.952 bits per heavy atom. The fourth-order valence-electron chi connectivity index (χ4n) is 4.56. The molecule has 0 aromatic heterocycles. The Morgan fingerprint density at radius 3 is 2.21 bits per heavy atom. The lowest BCUT2D eigenvalue weighted by Gasteiger charge is -2.32. The van der Waals surface area contributed by atoms with E-state index in [4.69, 9.17) is 16.3 Å². The van der Waals surface area contributed by atoms with E-state index in [1.54, 1.807) is 41.3 Å². The van der Waals surface area contributed by atoms with Crippen LogP contribution in [0.3, 0.4) is 0 Å². The lowest BCUT2D eigenvalue weighted by atomic mass is 10.0. The second-order valence-corrected chi connectivity index (χ2v) is 13.0. The summed E-state index contributed by atoms with van der Waals surface area (Å²) in [5.41, 5.74) is 2.20. The van der Waals surface area contributed by atoms with Crippen molar-refractivity contribution in [2.45, 2.75) is 45.7 Å². The lowest BCUT2D eigenvalue weighted by Crippen LogP contribution is -2.51. The molecule has 8 nitrogen and oxygen atoms in total. The minimum Gasteiger partial charge on any atom is -0.497 e. The van der Waals surface area contributed by atoms with Crippen LogP contribution in [-0.4, -0.2) is 57.6 Å². The number of amides is 2. The topological polar surface area (TPSA) is 96.0 Å². The molecule has 0 saturated carbocycles. The summed E-state index contributed by atoms with van der Waals surface area (Å²) in [4.78, 5) is 29.1. The normalized spacial score (nSPS) is 12.0. The first kappa shape index (κ1) is 32.9. The molecule has 1 N–H and O–H groups in total. The molecule has 1 atom stereocenters. The van der Waals surface area contributed by atoms with Crippen LogP contribution in [0.25, 0.3) is 0 Å². The number of ether oxygens (including phenoxy) is 1. The fraction of sp³-hybridized carbons (Fsp3) is 0.375. The SMILES string of the molecule is COc1ccc(N(CCCC(=O)N(Cc2cccc(Cl)c2)[C@@H](Cc2ccccc2)C(=O)NCC(C)C)S(C)(=O)=O)cc1. The van der Waals surface area contributed by atoms with Crippen LogP contribution >= 0.6 is 11.6 Å². The van der Waals surface area contributed by atoms with Gasteiger partial charge in [-0.1, -0.05) is 67.9 Å². The summed E-state index contributed by atoms with van der Waals surface area (Å²) in [5, 5.41) is 3.54. The number of hydrogen-bond acceptors (Lipinski definition) is 5. The zero-order valence-electron chi connectivity index (χ0n) is 24.6. The van der Waals surface area contributed by atoms with Crippen molar-refractivity contribution in [1.82, 2.24) is 10.2 Å². The zero-order valence-corrected chi connectivity index (χ0v) is 26.2. The average molecular weight is 614 g/mol. The Kier molecular flexibility index (Phi) is 12.2. The van der Waals surface area contributed by atoms with Gasteiger partial charge in [-0.25, -0.2) is 8.42 Å². The summed E-state index contributed by atoms with van der Waals surface area (Å²) in [5.74, 6) is 0.361. The number of nitrogens with one attached hydrogen (secondary N) is 1. The zero-order chi connectivity index (χ0) is 30.7. The van der Waals surface area contributed by atoms with Crippen LogP contribution in [0.5, 0.6) is 5.75 Å². The van der Waals surface area contributed by atoms with E-state index >= 15 is 0 Å². The van der Waals surface area contributed by atoms with E-state index in [2.05, 4.69) is 5.32 Å². The Morgan fingerprint density at radius 2 is 1.62 bits per heavy atom. The maximum atomic E-state index is 13.9. The molecule has 0 bridgehead atoms. The molecule has 3 aromatic rings. The molecule has 2 amide bonds. The van der Waals surface area contributed by atoms with E-state index in [0.717, 1.165) is 17.4 Å². The molecule has 0 radical (unpaired) electrons. The maximum absolute atomic E-state index is 13.9. The molecule has 42 heavy (non-hydrogen) atoms. The van der Waals surface area contributed by atoms with E-state index in [-0.39, 0.29) is 43.7 Å². The van der Waals surface area contributed by atoms with Gasteiger partial charge in [0, 0.05) is 37.5 Å². The Balaban J connectivity index is 1.87. The molecule has 0 aliphatic heterocycles. The first-order valence-corrected chi connectivity index (χ1v) is 16.2.